The molecule has 0 bridgehead atoms. The van der Waals surface area contributed by atoms with E-state index in [-0.39, 0.29) is 5.91 Å². The average molecular weight is 217 g/mol. The second kappa shape index (κ2) is 7.69. The van der Waals surface area contributed by atoms with Gasteiger partial charge in [0.1, 0.15) is 0 Å². The number of amides is 1. The zero-order valence-electron chi connectivity index (χ0n) is 9.78. The van der Waals surface area contributed by atoms with E-state index >= 15 is 0 Å². The van der Waals surface area contributed by atoms with Crippen LogP contribution in [0.5, 0.6) is 0 Å². The highest BCUT2D eigenvalue weighted by atomic mass is 16.1. The van der Waals surface area contributed by atoms with Crippen LogP contribution in [-0.4, -0.2) is 5.91 Å². The van der Waals surface area contributed by atoms with Crippen LogP contribution < -0.4 is 5.32 Å². The Morgan fingerprint density at radius 2 is 2.00 bits per heavy atom. The molecule has 0 aliphatic carbocycles. The van der Waals surface area contributed by atoms with Gasteiger partial charge in [0, 0.05) is 12.1 Å². The van der Waals surface area contributed by atoms with E-state index in [0.29, 0.717) is 6.42 Å². The molecule has 0 atom stereocenters. The van der Waals surface area contributed by atoms with Crippen molar-refractivity contribution in [3.8, 4) is 0 Å². The molecular formula is C14H19NO. The van der Waals surface area contributed by atoms with Crippen LogP contribution >= 0.6 is 0 Å². The van der Waals surface area contributed by atoms with Crippen molar-refractivity contribution in [3.05, 3.63) is 42.5 Å². The topological polar surface area (TPSA) is 29.1 Å². The van der Waals surface area contributed by atoms with Crippen molar-refractivity contribution in [2.24, 2.45) is 0 Å². The molecule has 0 saturated heterocycles. The SMILES string of the molecule is C/C=C/CCCCC(=O)Nc1ccccc1. The maximum atomic E-state index is 11.5. The molecule has 1 amide bonds. The Morgan fingerprint density at radius 1 is 1.25 bits per heavy atom. The average Bonchev–Trinajstić information content (AvgIpc) is 2.30. The van der Waals surface area contributed by atoms with E-state index in [0.717, 1.165) is 24.9 Å². The standard InChI is InChI=1S/C14H19NO/c1-2-3-4-5-9-12-14(16)15-13-10-7-6-8-11-13/h2-3,6-8,10-11H,4-5,9,12H2,1H3,(H,15,16)/b3-2+. The Balaban J connectivity index is 2.16. The molecule has 1 aromatic rings. The largest absolute Gasteiger partial charge is 0.326 e. The molecule has 1 N–H and O–H groups in total. The van der Waals surface area contributed by atoms with Gasteiger partial charge in [0.2, 0.25) is 5.91 Å². The van der Waals surface area contributed by atoms with Crippen LogP contribution in [0.3, 0.4) is 0 Å². The van der Waals surface area contributed by atoms with Crippen molar-refractivity contribution in [2.45, 2.75) is 32.6 Å². The number of nitrogens with one attached hydrogen (secondary N) is 1. The van der Waals surface area contributed by atoms with Gasteiger partial charge in [0.25, 0.3) is 0 Å². The molecule has 0 aliphatic heterocycles. The number of para-hydroxylation sites is 1. The van der Waals surface area contributed by atoms with E-state index in [2.05, 4.69) is 11.4 Å². The third-order valence-corrected chi connectivity index (χ3v) is 2.32. The molecule has 0 unspecified atom stereocenters. The fraction of sp³-hybridized carbons (Fsp3) is 0.357. The summed E-state index contributed by atoms with van der Waals surface area (Å²) >= 11 is 0. The highest BCUT2D eigenvalue weighted by molar-refractivity contribution is 5.90. The molecule has 0 spiro atoms. The summed E-state index contributed by atoms with van der Waals surface area (Å²) in [6, 6.07) is 9.57. The van der Waals surface area contributed by atoms with Crippen LogP contribution in [0.15, 0.2) is 42.5 Å². The lowest BCUT2D eigenvalue weighted by molar-refractivity contribution is -0.116. The van der Waals surface area contributed by atoms with Gasteiger partial charge in [0.05, 0.1) is 0 Å². The number of rotatable bonds is 6. The Hall–Kier alpha value is -1.57. The first-order chi connectivity index (χ1) is 7.83. The second-order valence-electron chi connectivity index (χ2n) is 3.73. The smallest absolute Gasteiger partial charge is 0.224 e. The third kappa shape index (κ3) is 5.35. The van der Waals surface area contributed by atoms with E-state index in [1.807, 2.05) is 43.3 Å². The molecule has 16 heavy (non-hydrogen) atoms. The molecule has 1 rings (SSSR count). The summed E-state index contributed by atoms with van der Waals surface area (Å²) in [5.74, 6) is 0.103. The first kappa shape index (κ1) is 12.5. The fourth-order valence-corrected chi connectivity index (χ4v) is 1.46. The maximum absolute atomic E-state index is 11.5. The van der Waals surface area contributed by atoms with Crippen LogP contribution in [0, 0.1) is 0 Å². The summed E-state index contributed by atoms with van der Waals surface area (Å²) in [6.45, 7) is 2.02. The Morgan fingerprint density at radius 3 is 2.69 bits per heavy atom. The first-order valence-corrected chi connectivity index (χ1v) is 5.79. The lowest BCUT2D eigenvalue weighted by Crippen LogP contribution is -2.10. The van der Waals surface area contributed by atoms with Gasteiger partial charge in [-0.3, -0.25) is 4.79 Å². The predicted octanol–water partition coefficient (Wildman–Crippen LogP) is 3.76. The molecule has 0 aromatic heterocycles. The zero-order chi connectivity index (χ0) is 11.6. The van der Waals surface area contributed by atoms with Gasteiger partial charge in [-0.25, -0.2) is 0 Å². The number of hydrogen-bond acceptors (Lipinski definition) is 1. The molecule has 0 heterocycles. The summed E-state index contributed by atoms with van der Waals surface area (Å²) in [7, 11) is 0. The molecular weight excluding hydrogens is 198 g/mol. The Kier molecular flexibility index (Phi) is 6.00. The minimum absolute atomic E-state index is 0.103. The second-order valence-corrected chi connectivity index (χ2v) is 3.73. The zero-order valence-corrected chi connectivity index (χ0v) is 9.78. The predicted molar refractivity (Wildman–Crippen MR) is 68.4 cm³/mol. The number of unbranched alkanes of at least 4 members (excludes halogenated alkanes) is 2. The summed E-state index contributed by atoms with van der Waals surface area (Å²) in [4.78, 5) is 11.5. The molecule has 0 fully saturated rings. The summed E-state index contributed by atoms with van der Waals surface area (Å²) in [6.07, 6.45) is 7.87. The van der Waals surface area contributed by atoms with Crippen LogP contribution in [0.25, 0.3) is 0 Å². The van der Waals surface area contributed by atoms with Gasteiger partial charge >= 0.3 is 0 Å². The summed E-state index contributed by atoms with van der Waals surface area (Å²) < 4.78 is 0. The van der Waals surface area contributed by atoms with Gasteiger partial charge < -0.3 is 5.32 Å². The highest BCUT2D eigenvalue weighted by Crippen LogP contribution is 2.07. The van der Waals surface area contributed by atoms with Crippen molar-refractivity contribution in [1.29, 1.82) is 0 Å². The lowest BCUT2D eigenvalue weighted by Gasteiger charge is -2.03. The van der Waals surface area contributed by atoms with E-state index in [1.54, 1.807) is 0 Å². The van der Waals surface area contributed by atoms with Crippen LogP contribution in [0.4, 0.5) is 5.69 Å². The van der Waals surface area contributed by atoms with Crippen LogP contribution in [0.2, 0.25) is 0 Å². The highest BCUT2D eigenvalue weighted by Gasteiger charge is 2.00. The first-order valence-electron chi connectivity index (χ1n) is 5.79. The van der Waals surface area contributed by atoms with Gasteiger partial charge in [-0.1, -0.05) is 30.4 Å². The van der Waals surface area contributed by atoms with Gasteiger partial charge in [-0.2, -0.15) is 0 Å². The molecule has 0 saturated carbocycles. The maximum Gasteiger partial charge on any atom is 0.224 e. The number of allylic oxidation sites excluding steroid dienone is 2. The minimum Gasteiger partial charge on any atom is -0.326 e. The van der Waals surface area contributed by atoms with Gasteiger partial charge in [-0.05, 0) is 38.3 Å². The molecule has 0 radical (unpaired) electrons. The molecule has 2 heteroatoms. The molecule has 1 aromatic carbocycles. The number of carbonyl (C=O) groups excluding carboxylic acids is 1. The van der Waals surface area contributed by atoms with Gasteiger partial charge in [0.15, 0.2) is 0 Å². The fourth-order valence-electron chi connectivity index (χ4n) is 1.46. The number of anilines is 1. The quantitative estimate of drug-likeness (QED) is 0.570. The summed E-state index contributed by atoms with van der Waals surface area (Å²) in [5.41, 5.74) is 0.876. The van der Waals surface area contributed by atoms with Crippen LogP contribution in [-0.2, 0) is 4.79 Å². The number of carbonyl (C=O) groups is 1. The van der Waals surface area contributed by atoms with Gasteiger partial charge in [-0.15, -0.1) is 0 Å². The third-order valence-electron chi connectivity index (χ3n) is 2.32. The van der Waals surface area contributed by atoms with E-state index in [9.17, 15) is 4.79 Å². The molecule has 0 aliphatic rings. The Labute approximate surface area is 97.4 Å². The van der Waals surface area contributed by atoms with E-state index in [4.69, 9.17) is 0 Å². The summed E-state index contributed by atoms with van der Waals surface area (Å²) in [5, 5.41) is 2.88. The van der Waals surface area contributed by atoms with E-state index < -0.39 is 0 Å². The number of benzene rings is 1. The minimum atomic E-state index is 0.103. The number of hydrogen-bond donors (Lipinski definition) is 1. The van der Waals surface area contributed by atoms with Crippen molar-refractivity contribution in [2.75, 3.05) is 5.32 Å². The van der Waals surface area contributed by atoms with Crippen molar-refractivity contribution in [3.63, 3.8) is 0 Å². The van der Waals surface area contributed by atoms with Crippen molar-refractivity contribution < 1.29 is 4.79 Å². The van der Waals surface area contributed by atoms with Crippen molar-refractivity contribution in [1.82, 2.24) is 0 Å². The van der Waals surface area contributed by atoms with E-state index in [1.165, 1.54) is 0 Å². The monoisotopic (exact) mass is 217 g/mol. The van der Waals surface area contributed by atoms with Crippen molar-refractivity contribution >= 4 is 11.6 Å². The lowest BCUT2D eigenvalue weighted by atomic mass is 10.2. The Bertz CT molecular complexity index is 330. The molecule has 2 nitrogen and oxygen atoms in total. The molecule has 86 valence electrons. The van der Waals surface area contributed by atoms with Crippen LogP contribution in [0.1, 0.15) is 32.6 Å². The normalized spacial score (nSPS) is 10.6.